The summed E-state index contributed by atoms with van der Waals surface area (Å²) in [5.41, 5.74) is 0.922. The van der Waals surface area contributed by atoms with Crippen LogP contribution in [0, 0.1) is 6.92 Å². The van der Waals surface area contributed by atoms with Crippen LogP contribution in [-0.4, -0.2) is 36.6 Å². The van der Waals surface area contributed by atoms with Crippen LogP contribution in [0.5, 0.6) is 0 Å². The number of carbonyl (C=O) groups excluding carboxylic acids is 1. The quantitative estimate of drug-likeness (QED) is 0.792. The summed E-state index contributed by atoms with van der Waals surface area (Å²) in [6.45, 7) is 3.92. The summed E-state index contributed by atoms with van der Waals surface area (Å²) < 4.78 is 33.8. The predicted molar refractivity (Wildman–Crippen MR) is 84.7 cm³/mol. The molecule has 0 fully saturated rings. The van der Waals surface area contributed by atoms with E-state index in [9.17, 15) is 17.4 Å². The molecule has 1 aromatic carbocycles. The summed E-state index contributed by atoms with van der Waals surface area (Å²) in [6, 6.07) is 4.15. The Hall–Kier alpha value is -0.920. The van der Waals surface area contributed by atoms with Gasteiger partial charge < -0.3 is 5.32 Å². The molecule has 118 valence electrons. The average Bonchev–Trinajstić information content (AvgIpc) is 2.37. The fourth-order valence-electron chi connectivity index (χ4n) is 1.65. The fraction of sp³-hybridized carbons (Fsp3) is 0.462. The van der Waals surface area contributed by atoms with E-state index in [4.69, 9.17) is 10.7 Å². The van der Waals surface area contributed by atoms with Crippen molar-refractivity contribution in [3.8, 4) is 0 Å². The highest BCUT2D eigenvalue weighted by Gasteiger charge is 2.16. The van der Waals surface area contributed by atoms with Crippen molar-refractivity contribution in [1.82, 2.24) is 5.32 Å². The number of halogens is 1. The Labute approximate surface area is 132 Å². The molecule has 21 heavy (non-hydrogen) atoms. The molecule has 0 saturated heterocycles. The number of rotatable bonds is 6. The Morgan fingerprint density at radius 2 is 2.05 bits per heavy atom. The van der Waals surface area contributed by atoms with Gasteiger partial charge in [-0.05, 0) is 31.0 Å². The van der Waals surface area contributed by atoms with Crippen LogP contribution in [0.25, 0.3) is 0 Å². The first-order valence-corrected chi connectivity index (χ1v) is 10.2. The smallest absolute Gasteiger partial charge is 0.261 e. The topological polar surface area (TPSA) is 80.3 Å². The Bertz CT molecular complexity index is 658. The summed E-state index contributed by atoms with van der Waals surface area (Å²) in [5.74, 6) is -0.372. The zero-order valence-corrected chi connectivity index (χ0v) is 14.4. The van der Waals surface area contributed by atoms with Crippen LogP contribution >= 0.6 is 10.7 Å². The van der Waals surface area contributed by atoms with E-state index in [-0.39, 0.29) is 21.6 Å². The van der Waals surface area contributed by atoms with Crippen molar-refractivity contribution in [3.63, 3.8) is 0 Å². The summed E-state index contributed by atoms with van der Waals surface area (Å²) in [6.07, 6.45) is 2.20. The van der Waals surface area contributed by atoms with E-state index in [0.29, 0.717) is 18.5 Å². The Morgan fingerprint density at radius 3 is 2.57 bits per heavy atom. The van der Waals surface area contributed by atoms with E-state index in [1.165, 1.54) is 18.2 Å². The monoisotopic (exact) mass is 351 g/mol. The number of hydrogen-bond acceptors (Lipinski definition) is 4. The van der Waals surface area contributed by atoms with E-state index in [2.05, 4.69) is 5.32 Å². The minimum atomic E-state index is -3.87. The maximum atomic E-state index is 12.1. The van der Waals surface area contributed by atoms with Gasteiger partial charge in [0.1, 0.15) is 0 Å². The highest BCUT2D eigenvalue weighted by Crippen LogP contribution is 2.19. The van der Waals surface area contributed by atoms with Gasteiger partial charge >= 0.3 is 0 Å². The van der Waals surface area contributed by atoms with E-state index < -0.39 is 19.9 Å². The summed E-state index contributed by atoms with van der Waals surface area (Å²) in [4.78, 5) is 12.0. The lowest BCUT2D eigenvalue weighted by Gasteiger charge is -2.11. The fourth-order valence-corrected chi connectivity index (χ4v) is 2.87. The number of amides is 1. The van der Waals surface area contributed by atoms with Crippen molar-refractivity contribution in [2.75, 3.05) is 12.8 Å². The minimum absolute atomic E-state index is 0.0130. The zero-order chi connectivity index (χ0) is 16.2. The first kappa shape index (κ1) is 18.1. The normalized spacial score (nSPS) is 14.5. The van der Waals surface area contributed by atoms with Gasteiger partial charge in [0, 0.05) is 45.1 Å². The molecule has 0 bridgehead atoms. The van der Waals surface area contributed by atoms with Crippen LogP contribution < -0.4 is 5.32 Å². The molecule has 0 heterocycles. The van der Waals surface area contributed by atoms with Crippen molar-refractivity contribution >= 4 is 36.4 Å². The zero-order valence-electron chi connectivity index (χ0n) is 12.1. The van der Waals surface area contributed by atoms with E-state index in [1.54, 1.807) is 13.2 Å². The SMILES string of the molecule is Cc1ccc(S(=O)(=O)Cl)cc1C(=O)NCCC(C)S(C)=O. The standard InChI is InChI=1S/C13H18ClNO4S2/c1-9-4-5-11(21(14,18)19)8-12(9)13(16)15-7-6-10(2)20(3)17/h4-5,8,10H,6-7H2,1-3H3,(H,15,16). The molecule has 0 aliphatic heterocycles. The van der Waals surface area contributed by atoms with Gasteiger partial charge in [-0.15, -0.1) is 0 Å². The van der Waals surface area contributed by atoms with Crippen LogP contribution in [0.1, 0.15) is 29.3 Å². The lowest BCUT2D eigenvalue weighted by atomic mass is 10.1. The third-order valence-electron chi connectivity index (χ3n) is 3.14. The molecule has 2 unspecified atom stereocenters. The maximum absolute atomic E-state index is 12.1. The largest absolute Gasteiger partial charge is 0.352 e. The number of carbonyl (C=O) groups is 1. The summed E-state index contributed by atoms with van der Waals surface area (Å²) in [7, 11) is 0.469. The second-order valence-corrected chi connectivity index (χ2v) is 9.14. The van der Waals surface area contributed by atoms with Crippen LogP contribution in [0.15, 0.2) is 23.1 Å². The van der Waals surface area contributed by atoms with Gasteiger partial charge in [0.2, 0.25) is 0 Å². The number of hydrogen-bond donors (Lipinski definition) is 1. The molecule has 2 atom stereocenters. The van der Waals surface area contributed by atoms with Crippen LogP contribution in [0.3, 0.4) is 0 Å². The van der Waals surface area contributed by atoms with Crippen LogP contribution in [0.2, 0.25) is 0 Å². The molecule has 1 amide bonds. The average molecular weight is 352 g/mol. The first-order valence-electron chi connectivity index (χ1n) is 6.28. The van der Waals surface area contributed by atoms with Crippen molar-refractivity contribution < 1.29 is 17.4 Å². The number of nitrogens with one attached hydrogen (secondary N) is 1. The molecule has 0 aliphatic rings. The third kappa shape index (κ3) is 5.41. The molecule has 0 saturated carbocycles. The van der Waals surface area contributed by atoms with E-state index >= 15 is 0 Å². The predicted octanol–water partition coefficient (Wildman–Crippen LogP) is 1.81. The number of benzene rings is 1. The molecular formula is C13H18ClNO4S2. The van der Waals surface area contributed by atoms with Crippen LogP contribution in [0.4, 0.5) is 0 Å². The lowest BCUT2D eigenvalue weighted by Crippen LogP contribution is -2.28. The Morgan fingerprint density at radius 1 is 1.43 bits per heavy atom. The van der Waals surface area contributed by atoms with Gasteiger partial charge in [0.15, 0.2) is 0 Å². The molecule has 0 spiro atoms. The highest BCUT2D eigenvalue weighted by molar-refractivity contribution is 8.13. The second kappa shape index (κ2) is 7.38. The molecule has 0 aliphatic carbocycles. The highest BCUT2D eigenvalue weighted by atomic mass is 35.7. The molecule has 1 rings (SSSR count). The van der Waals surface area contributed by atoms with Crippen molar-refractivity contribution in [3.05, 3.63) is 29.3 Å². The molecule has 0 radical (unpaired) electrons. The van der Waals surface area contributed by atoms with Gasteiger partial charge in [0.25, 0.3) is 15.0 Å². The molecule has 8 heteroatoms. The Kier molecular flexibility index (Phi) is 6.37. The van der Waals surface area contributed by atoms with Crippen LogP contribution in [-0.2, 0) is 19.9 Å². The molecular weight excluding hydrogens is 334 g/mol. The third-order valence-corrected chi connectivity index (χ3v) is 5.86. The van der Waals surface area contributed by atoms with Gasteiger partial charge in [-0.25, -0.2) is 8.42 Å². The summed E-state index contributed by atoms with van der Waals surface area (Å²) in [5, 5.41) is 2.68. The van der Waals surface area contributed by atoms with Gasteiger partial charge in [0.05, 0.1) is 4.90 Å². The van der Waals surface area contributed by atoms with Crippen molar-refractivity contribution in [1.29, 1.82) is 0 Å². The van der Waals surface area contributed by atoms with E-state index in [1.807, 2.05) is 6.92 Å². The second-order valence-electron chi connectivity index (χ2n) is 4.77. The molecule has 5 nitrogen and oxygen atoms in total. The summed E-state index contributed by atoms with van der Waals surface area (Å²) >= 11 is 0. The molecule has 1 N–H and O–H groups in total. The Balaban J connectivity index is 2.81. The first-order chi connectivity index (χ1) is 9.62. The lowest BCUT2D eigenvalue weighted by molar-refractivity contribution is 0.0952. The number of aryl methyl sites for hydroxylation is 1. The van der Waals surface area contributed by atoms with Gasteiger partial charge in [-0.1, -0.05) is 13.0 Å². The van der Waals surface area contributed by atoms with E-state index in [0.717, 1.165) is 0 Å². The van der Waals surface area contributed by atoms with Gasteiger partial charge in [-0.3, -0.25) is 9.00 Å². The van der Waals surface area contributed by atoms with Crippen molar-refractivity contribution in [2.45, 2.75) is 30.4 Å². The minimum Gasteiger partial charge on any atom is -0.352 e. The molecule has 0 aromatic heterocycles. The molecule has 1 aromatic rings. The van der Waals surface area contributed by atoms with Gasteiger partial charge in [-0.2, -0.15) is 0 Å². The van der Waals surface area contributed by atoms with Crippen molar-refractivity contribution in [2.24, 2.45) is 0 Å². The maximum Gasteiger partial charge on any atom is 0.261 e.